The highest BCUT2D eigenvalue weighted by Crippen LogP contribution is 2.49. The van der Waals surface area contributed by atoms with Gasteiger partial charge in [-0.25, -0.2) is 0 Å². The third-order valence-electron chi connectivity index (χ3n) is 1.57. The average molecular weight is 234 g/mol. The molecular weight excluding hydrogens is 215 g/mol. The van der Waals surface area contributed by atoms with Crippen molar-refractivity contribution < 1.29 is 18.4 Å². The third-order valence-corrected chi connectivity index (χ3v) is 3.38. The lowest BCUT2D eigenvalue weighted by Crippen LogP contribution is -1.93. The van der Waals surface area contributed by atoms with Gasteiger partial charge in [0, 0.05) is 12.2 Å². The first-order valence-electron chi connectivity index (χ1n) is 5.10. The van der Waals surface area contributed by atoms with Crippen molar-refractivity contribution in [3.8, 4) is 0 Å². The number of ketones is 1. The van der Waals surface area contributed by atoms with Crippen molar-refractivity contribution in [1.82, 2.24) is 0 Å². The molecule has 0 rings (SSSR count). The van der Waals surface area contributed by atoms with Crippen molar-refractivity contribution >= 4 is 13.4 Å². The van der Waals surface area contributed by atoms with Gasteiger partial charge in [0.25, 0.3) is 0 Å². The molecule has 0 unspecified atom stereocenters. The highest BCUT2D eigenvalue weighted by atomic mass is 31.2. The highest BCUT2D eigenvalue weighted by Gasteiger charge is 2.18. The summed E-state index contributed by atoms with van der Waals surface area (Å²) in [5.74, 6) is 1.55. The molecule has 4 nitrogen and oxygen atoms in total. The molecule has 0 atom stereocenters. The number of Topliss-reactive ketones (excluding diaryl/α,β-unsaturated/α-hetero) is 1. The molecule has 0 saturated carbocycles. The first-order chi connectivity index (χ1) is 7.04. The highest BCUT2D eigenvalue weighted by molar-refractivity contribution is 7.57. The van der Waals surface area contributed by atoms with E-state index in [0.717, 1.165) is 0 Å². The Morgan fingerprint density at radius 2 is 1.80 bits per heavy atom. The molecule has 0 aliphatic rings. The molecule has 0 aromatic heterocycles. The molecule has 0 aromatic rings. The second-order valence-electron chi connectivity index (χ2n) is 3.00. The van der Waals surface area contributed by atoms with E-state index in [-0.39, 0.29) is 5.78 Å². The second kappa shape index (κ2) is 7.80. The van der Waals surface area contributed by atoms with E-state index in [2.05, 4.69) is 0 Å². The van der Waals surface area contributed by atoms with Crippen LogP contribution < -0.4 is 0 Å². The van der Waals surface area contributed by atoms with Crippen LogP contribution >= 0.6 is 7.60 Å². The van der Waals surface area contributed by atoms with Gasteiger partial charge in [0.2, 0.25) is 0 Å². The van der Waals surface area contributed by atoms with Gasteiger partial charge >= 0.3 is 7.60 Å². The summed E-state index contributed by atoms with van der Waals surface area (Å²) in [5.41, 5.74) is 0. The number of hydrogen-bond acceptors (Lipinski definition) is 4. The average Bonchev–Trinajstić information content (AvgIpc) is 2.13. The van der Waals surface area contributed by atoms with Gasteiger partial charge in [0.1, 0.15) is 5.78 Å². The fourth-order valence-corrected chi connectivity index (χ4v) is 2.35. The zero-order valence-corrected chi connectivity index (χ0v) is 10.5. The number of carbonyl (C=O) groups is 1. The molecule has 0 saturated heterocycles. The van der Waals surface area contributed by atoms with Crippen molar-refractivity contribution in [3.63, 3.8) is 0 Å². The fourth-order valence-electron chi connectivity index (χ4n) is 0.973. The van der Waals surface area contributed by atoms with E-state index in [1.807, 2.05) is 0 Å². The molecule has 0 aliphatic heterocycles. The van der Waals surface area contributed by atoms with Crippen molar-refractivity contribution in [1.29, 1.82) is 0 Å². The minimum absolute atomic E-state index is 0.113. The van der Waals surface area contributed by atoms with Crippen LogP contribution in [0.1, 0.15) is 33.6 Å². The Morgan fingerprint density at radius 1 is 1.27 bits per heavy atom. The van der Waals surface area contributed by atoms with Crippen LogP contribution in [0.4, 0.5) is 0 Å². The Hall–Kier alpha value is -0.440. The molecule has 0 aromatic carbocycles. The first kappa shape index (κ1) is 14.6. The summed E-state index contributed by atoms with van der Waals surface area (Å²) >= 11 is 0. The molecule has 0 spiro atoms. The van der Waals surface area contributed by atoms with E-state index >= 15 is 0 Å². The smallest absolute Gasteiger partial charge is 0.306 e. The Morgan fingerprint density at radius 3 is 2.20 bits per heavy atom. The van der Waals surface area contributed by atoms with Crippen molar-refractivity contribution in [2.24, 2.45) is 0 Å². The van der Waals surface area contributed by atoms with Crippen molar-refractivity contribution in [3.05, 3.63) is 11.9 Å². The van der Waals surface area contributed by atoms with Crippen molar-refractivity contribution in [2.45, 2.75) is 33.6 Å². The predicted octanol–water partition coefficient (Wildman–Crippen LogP) is 3.14. The monoisotopic (exact) mass is 234 g/mol. The minimum Gasteiger partial charge on any atom is -0.306 e. The van der Waals surface area contributed by atoms with Crippen molar-refractivity contribution in [2.75, 3.05) is 13.2 Å². The summed E-state index contributed by atoms with van der Waals surface area (Å²) in [6.45, 7) is 5.73. The summed E-state index contributed by atoms with van der Waals surface area (Å²) in [5, 5.41) is 0. The van der Waals surface area contributed by atoms with E-state index in [9.17, 15) is 9.36 Å². The third kappa shape index (κ3) is 7.48. The van der Waals surface area contributed by atoms with Gasteiger partial charge in [-0.15, -0.1) is 0 Å². The van der Waals surface area contributed by atoms with Crippen LogP contribution in [0.3, 0.4) is 0 Å². The summed E-state index contributed by atoms with van der Waals surface area (Å²) < 4.78 is 21.9. The SMILES string of the molecule is CCOP(=O)(/C=C/CCC(C)=O)OCC. The van der Waals surface area contributed by atoms with Crippen LogP contribution in [0, 0.1) is 0 Å². The summed E-state index contributed by atoms with van der Waals surface area (Å²) in [6.07, 6.45) is 2.70. The maximum Gasteiger partial charge on any atom is 0.353 e. The fraction of sp³-hybridized carbons (Fsp3) is 0.700. The van der Waals surface area contributed by atoms with Gasteiger partial charge in [-0.1, -0.05) is 6.08 Å². The molecule has 0 radical (unpaired) electrons. The van der Waals surface area contributed by atoms with E-state index in [1.165, 1.54) is 12.7 Å². The van der Waals surface area contributed by atoms with Gasteiger partial charge in [-0.2, -0.15) is 0 Å². The molecule has 0 amide bonds. The van der Waals surface area contributed by atoms with Gasteiger partial charge < -0.3 is 13.8 Å². The Kier molecular flexibility index (Phi) is 7.57. The quantitative estimate of drug-likeness (QED) is 0.605. The van der Waals surface area contributed by atoms with Crippen LogP contribution in [0.5, 0.6) is 0 Å². The maximum absolute atomic E-state index is 11.8. The predicted molar refractivity (Wildman–Crippen MR) is 59.9 cm³/mol. The number of rotatable bonds is 8. The molecule has 0 heterocycles. The molecule has 0 N–H and O–H groups in total. The zero-order valence-electron chi connectivity index (χ0n) is 9.56. The topological polar surface area (TPSA) is 52.6 Å². The zero-order chi connectivity index (χ0) is 11.7. The van der Waals surface area contributed by atoms with Crippen LogP contribution in [0.25, 0.3) is 0 Å². The number of hydrogen-bond donors (Lipinski definition) is 0. The first-order valence-corrected chi connectivity index (χ1v) is 6.71. The lowest BCUT2D eigenvalue weighted by Gasteiger charge is -2.12. The maximum atomic E-state index is 11.8. The van der Waals surface area contributed by atoms with Crippen LogP contribution in [-0.4, -0.2) is 19.0 Å². The summed E-state index contributed by atoms with van der Waals surface area (Å²) in [4.78, 5) is 10.7. The normalized spacial score (nSPS) is 12.2. The van der Waals surface area contributed by atoms with E-state index in [1.54, 1.807) is 19.9 Å². The Balaban J connectivity index is 4.15. The van der Waals surface area contributed by atoms with E-state index in [0.29, 0.717) is 26.1 Å². The molecule has 5 heteroatoms. The standard InChI is InChI=1S/C10H19O4P/c1-4-13-15(12,14-5-2)9-7-6-8-10(3)11/h7,9H,4-6,8H2,1-3H3/b9-7+. The lowest BCUT2D eigenvalue weighted by molar-refractivity contribution is -0.116. The van der Waals surface area contributed by atoms with E-state index < -0.39 is 7.60 Å². The second-order valence-corrected chi connectivity index (χ2v) is 4.90. The molecule has 0 aliphatic carbocycles. The summed E-state index contributed by atoms with van der Waals surface area (Å²) in [6, 6.07) is 0. The summed E-state index contributed by atoms with van der Waals surface area (Å²) in [7, 11) is -3.07. The lowest BCUT2D eigenvalue weighted by atomic mass is 10.2. The van der Waals surface area contributed by atoms with Crippen LogP contribution in [0.2, 0.25) is 0 Å². The van der Waals surface area contributed by atoms with Crippen LogP contribution in [0.15, 0.2) is 11.9 Å². The Labute approximate surface area is 91.2 Å². The Bertz CT molecular complexity index is 250. The van der Waals surface area contributed by atoms with Gasteiger partial charge in [0.15, 0.2) is 0 Å². The van der Waals surface area contributed by atoms with Gasteiger partial charge in [-0.3, -0.25) is 4.57 Å². The van der Waals surface area contributed by atoms with E-state index in [4.69, 9.17) is 9.05 Å². The van der Waals surface area contributed by atoms with Crippen LogP contribution in [-0.2, 0) is 18.4 Å². The van der Waals surface area contributed by atoms with Gasteiger partial charge in [-0.05, 0) is 27.2 Å². The molecule has 0 fully saturated rings. The largest absolute Gasteiger partial charge is 0.353 e. The molecular formula is C10H19O4P. The molecule has 15 heavy (non-hydrogen) atoms. The van der Waals surface area contributed by atoms with Gasteiger partial charge in [0.05, 0.1) is 13.2 Å². The molecule has 88 valence electrons. The number of allylic oxidation sites excluding steroid dienone is 1. The minimum atomic E-state index is -3.07. The molecule has 0 bridgehead atoms. The number of carbonyl (C=O) groups excluding carboxylic acids is 1.